The first-order valence-electron chi connectivity index (χ1n) is 6.15. The smallest absolute Gasteiger partial charge is 0.127 e. The third kappa shape index (κ3) is 3.30. The summed E-state index contributed by atoms with van der Waals surface area (Å²) in [5.74, 6) is 1.02. The Hall–Kier alpha value is -1.35. The van der Waals surface area contributed by atoms with Crippen molar-refractivity contribution in [3.8, 4) is 0 Å². The summed E-state index contributed by atoms with van der Waals surface area (Å²) in [6.45, 7) is 5.45. The summed E-state index contributed by atoms with van der Waals surface area (Å²) in [4.78, 5) is 8.92. The van der Waals surface area contributed by atoms with Crippen molar-refractivity contribution in [1.29, 1.82) is 0 Å². The number of aromatic nitrogens is 1. The molecule has 0 saturated carbocycles. The van der Waals surface area contributed by atoms with Gasteiger partial charge in [0.2, 0.25) is 0 Å². The summed E-state index contributed by atoms with van der Waals surface area (Å²) < 4.78 is 0. The van der Waals surface area contributed by atoms with E-state index in [1.54, 1.807) is 0 Å². The zero-order valence-corrected chi connectivity index (χ0v) is 11.0. The Morgan fingerprint density at radius 1 is 1.35 bits per heavy atom. The Morgan fingerprint density at radius 3 is 2.71 bits per heavy atom. The lowest BCUT2D eigenvalue weighted by Crippen LogP contribution is -2.27. The van der Waals surface area contributed by atoms with Gasteiger partial charge in [-0.15, -0.1) is 0 Å². The van der Waals surface area contributed by atoms with Crippen molar-refractivity contribution in [2.45, 2.75) is 19.9 Å². The first-order valence-corrected chi connectivity index (χ1v) is 6.15. The largest absolute Gasteiger partial charge is 0.363 e. The van der Waals surface area contributed by atoms with Gasteiger partial charge in [-0.2, -0.15) is 0 Å². The first-order chi connectivity index (χ1) is 8.15. The van der Waals surface area contributed by atoms with E-state index in [4.69, 9.17) is 0 Å². The molecule has 0 N–H and O–H groups in total. The van der Waals surface area contributed by atoms with Crippen LogP contribution in [0.2, 0.25) is 0 Å². The normalized spacial score (nSPS) is 16.8. The fourth-order valence-electron chi connectivity index (χ4n) is 1.99. The van der Waals surface area contributed by atoms with Crippen molar-refractivity contribution in [2.24, 2.45) is 0 Å². The SMILES string of the molecule is CC1=CCN(Cc2ccc(N(C)C)nc2)CC1. The van der Waals surface area contributed by atoms with Crippen LogP contribution in [-0.4, -0.2) is 37.1 Å². The molecule has 0 aliphatic carbocycles. The zero-order chi connectivity index (χ0) is 12.3. The zero-order valence-electron chi connectivity index (χ0n) is 11.0. The third-order valence-electron chi connectivity index (χ3n) is 3.19. The van der Waals surface area contributed by atoms with E-state index < -0.39 is 0 Å². The van der Waals surface area contributed by atoms with Crippen LogP contribution in [-0.2, 0) is 6.54 Å². The van der Waals surface area contributed by atoms with Crippen LogP contribution in [0.1, 0.15) is 18.9 Å². The molecule has 1 aliphatic rings. The highest BCUT2D eigenvalue weighted by atomic mass is 15.1. The van der Waals surface area contributed by atoms with E-state index in [0.717, 1.165) is 25.5 Å². The first kappa shape index (κ1) is 12.1. The van der Waals surface area contributed by atoms with Gasteiger partial charge in [0.05, 0.1) is 0 Å². The molecule has 3 heteroatoms. The lowest BCUT2D eigenvalue weighted by atomic mass is 10.1. The molecule has 0 radical (unpaired) electrons. The third-order valence-corrected chi connectivity index (χ3v) is 3.19. The van der Waals surface area contributed by atoms with Crippen LogP contribution in [0, 0.1) is 0 Å². The van der Waals surface area contributed by atoms with Crippen molar-refractivity contribution in [3.63, 3.8) is 0 Å². The average Bonchev–Trinajstić information content (AvgIpc) is 2.33. The van der Waals surface area contributed by atoms with E-state index in [-0.39, 0.29) is 0 Å². The molecular weight excluding hydrogens is 210 g/mol. The minimum absolute atomic E-state index is 1.00. The van der Waals surface area contributed by atoms with E-state index in [0.29, 0.717) is 0 Å². The summed E-state index contributed by atoms with van der Waals surface area (Å²) in [5, 5.41) is 0. The highest BCUT2D eigenvalue weighted by Gasteiger charge is 2.09. The molecule has 0 saturated heterocycles. The molecule has 0 atom stereocenters. The predicted octanol–water partition coefficient (Wildman–Crippen LogP) is 2.30. The summed E-state index contributed by atoms with van der Waals surface area (Å²) in [6.07, 6.45) is 5.51. The second-order valence-electron chi connectivity index (χ2n) is 4.95. The predicted molar refractivity (Wildman–Crippen MR) is 72.2 cm³/mol. The van der Waals surface area contributed by atoms with Gasteiger partial charge in [0, 0.05) is 39.9 Å². The molecule has 17 heavy (non-hydrogen) atoms. The van der Waals surface area contributed by atoms with Gasteiger partial charge in [-0.05, 0) is 25.0 Å². The van der Waals surface area contributed by atoms with Gasteiger partial charge in [-0.3, -0.25) is 4.90 Å². The number of nitrogens with zero attached hydrogens (tertiary/aromatic N) is 3. The fraction of sp³-hybridized carbons (Fsp3) is 0.500. The van der Waals surface area contributed by atoms with Crippen LogP contribution in [0.3, 0.4) is 0 Å². The van der Waals surface area contributed by atoms with Gasteiger partial charge >= 0.3 is 0 Å². The molecule has 1 aromatic heterocycles. The summed E-state index contributed by atoms with van der Waals surface area (Å²) >= 11 is 0. The van der Waals surface area contributed by atoms with Gasteiger partial charge in [-0.1, -0.05) is 17.7 Å². The number of anilines is 1. The quantitative estimate of drug-likeness (QED) is 0.744. The van der Waals surface area contributed by atoms with Gasteiger partial charge in [0.1, 0.15) is 5.82 Å². The summed E-state index contributed by atoms with van der Waals surface area (Å²) in [7, 11) is 4.03. The molecule has 0 bridgehead atoms. The molecule has 2 heterocycles. The van der Waals surface area contributed by atoms with Crippen LogP contribution in [0.15, 0.2) is 30.0 Å². The van der Waals surface area contributed by atoms with Gasteiger partial charge < -0.3 is 4.90 Å². The van der Waals surface area contributed by atoms with Crippen LogP contribution in [0.25, 0.3) is 0 Å². The van der Waals surface area contributed by atoms with Crippen LogP contribution in [0.4, 0.5) is 5.82 Å². The van der Waals surface area contributed by atoms with E-state index in [1.807, 2.05) is 25.2 Å². The Bertz CT molecular complexity index is 392. The molecule has 3 nitrogen and oxygen atoms in total. The standard InChI is InChI=1S/C14H21N3/c1-12-6-8-17(9-7-12)11-13-4-5-14(15-10-13)16(2)3/h4-6,10H,7-9,11H2,1-3H3. The van der Waals surface area contributed by atoms with E-state index in [9.17, 15) is 0 Å². The molecule has 2 rings (SSSR count). The molecule has 1 aliphatic heterocycles. The van der Waals surface area contributed by atoms with Crippen LogP contribution < -0.4 is 4.90 Å². The molecule has 1 aromatic rings. The van der Waals surface area contributed by atoms with E-state index in [1.165, 1.54) is 17.6 Å². The van der Waals surface area contributed by atoms with Gasteiger partial charge in [0.15, 0.2) is 0 Å². The Balaban J connectivity index is 1.95. The maximum atomic E-state index is 4.44. The molecule has 0 unspecified atom stereocenters. The Labute approximate surface area is 104 Å². The summed E-state index contributed by atoms with van der Waals surface area (Å²) in [6, 6.07) is 4.26. The number of rotatable bonds is 3. The molecule has 0 spiro atoms. The lowest BCUT2D eigenvalue weighted by molar-refractivity contribution is 0.286. The van der Waals surface area contributed by atoms with Crippen LogP contribution >= 0.6 is 0 Å². The molecular formula is C14H21N3. The van der Waals surface area contributed by atoms with Crippen LogP contribution in [0.5, 0.6) is 0 Å². The topological polar surface area (TPSA) is 19.4 Å². The number of hydrogen-bond acceptors (Lipinski definition) is 3. The van der Waals surface area contributed by atoms with E-state index in [2.05, 4.69) is 35.0 Å². The maximum absolute atomic E-state index is 4.44. The Morgan fingerprint density at radius 2 is 2.18 bits per heavy atom. The second-order valence-corrected chi connectivity index (χ2v) is 4.95. The monoisotopic (exact) mass is 231 g/mol. The second kappa shape index (κ2) is 5.32. The van der Waals surface area contributed by atoms with Crippen molar-refractivity contribution in [3.05, 3.63) is 35.5 Å². The number of pyridine rings is 1. The van der Waals surface area contributed by atoms with Crippen molar-refractivity contribution in [1.82, 2.24) is 9.88 Å². The minimum Gasteiger partial charge on any atom is -0.363 e. The molecule has 92 valence electrons. The highest BCUT2D eigenvalue weighted by Crippen LogP contribution is 2.14. The Kier molecular flexibility index (Phi) is 3.79. The van der Waals surface area contributed by atoms with Gasteiger partial charge in [0.25, 0.3) is 0 Å². The lowest BCUT2D eigenvalue weighted by Gasteiger charge is -2.25. The minimum atomic E-state index is 1.00. The molecule has 0 amide bonds. The van der Waals surface area contributed by atoms with Crippen molar-refractivity contribution < 1.29 is 0 Å². The van der Waals surface area contributed by atoms with Crippen molar-refractivity contribution in [2.75, 3.05) is 32.1 Å². The molecule has 0 fully saturated rings. The highest BCUT2D eigenvalue weighted by molar-refractivity contribution is 5.37. The van der Waals surface area contributed by atoms with Gasteiger partial charge in [-0.25, -0.2) is 4.98 Å². The maximum Gasteiger partial charge on any atom is 0.127 e. The average molecular weight is 231 g/mol. The molecule has 0 aromatic carbocycles. The fourth-order valence-corrected chi connectivity index (χ4v) is 1.99. The summed E-state index contributed by atoms with van der Waals surface area (Å²) in [5.41, 5.74) is 2.81. The van der Waals surface area contributed by atoms with Crippen molar-refractivity contribution >= 4 is 5.82 Å². The van der Waals surface area contributed by atoms with E-state index >= 15 is 0 Å². The number of hydrogen-bond donors (Lipinski definition) is 0.